The van der Waals surface area contributed by atoms with E-state index in [1.807, 2.05) is 19.3 Å². The van der Waals surface area contributed by atoms with Crippen LogP contribution in [0.2, 0.25) is 0 Å². The first-order valence-corrected chi connectivity index (χ1v) is 9.55. The lowest BCUT2D eigenvalue weighted by Crippen LogP contribution is -2.43. The molecule has 4 heterocycles. The summed E-state index contributed by atoms with van der Waals surface area (Å²) in [5.74, 6) is 0. The van der Waals surface area contributed by atoms with Crippen LogP contribution in [0.3, 0.4) is 0 Å². The van der Waals surface area contributed by atoms with Gasteiger partial charge in [-0.05, 0) is 32.3 Å². The van der Waals surface area contributed by atoms with E-state index in [0.717, 1.165) is 36.6 Å². The normalized spacial score (nSPS) is 27.5. The molecule has 4 rings (SSSR count). The summed E-state index contributed by atoms with van der Waals surface area (Å²) < 4.78 is 17.3. The summed E-state index contributed by atoms with van der Waals surface area (Å²) in [5.41, 5.74) is 2.28. The van der Waals surface area contributed by atoms with E-state index in [1.165, 1.54) is 12.0 Å². The number of furan rings is 1. The maximum absolute atomic E-state index is 6.30. The average molecular weight is 348 g/mol. The molecule has 0 aromatic carbocycles. The summed E-state index contributed by atoms with van der Waals surface area (Å²) in [7, 11) is 0. The fourth-order valence-electron chi connectivity index (χ4n) is 3.79. The van der Waals surface area contributed by atoms with Crippen molar-refractivity contribution in [1.29, 1.82) is 0 Å². The summed E-state index contributed by atoms with van der Waals surface area (Å²) in [5, 5.41) is 3.16. The van der Waals surface area contributed by atoms with Crippen molar-refractivity contribution in [2.24, 2.45) is 0 Å². The Bertz CT molecular complexity index is 642. The van der Waals surface area contributed by atoms with Gasteiger partial charge in [0.25, 0.3) is 0 Å². The van der Waals surface area contributed by atoms with E-state index < -0.39 is 0 Å². The summed E-state index contributed by atoms with van der Waals surface area (Å²) >= 11 is 1.67. The molecule has 2 saturated heterocycles. The van der Waals surface area contributed by atoms with Gasteiger partial charge in [-0.15, -0.1) is 11.3 Å². The first-order valence-electron chi connectivity index (χ1n) is 8.67. The number of thiazole rings is 1. The Morgan fingerprint density at radius 2 is 2.33 bits per heavy atom. The zero-order chi connectivity index (χ0) is 16.4. The fraction of sp³-hybridized carbons (Fsp3) is 0.611. The van der Waals surface area contributed by atoms with Crippen LogP contribution in [0.15, 0.2) is 28.4 Å². The van der Waals surface area contributed by atoms with Crippen molar-refractivity contribution >= 4 is 11.3 Å². The molecule has 0 amide bonds. The highest BCUT2D eigenvalue weighted by atomic mass is 32.1. The molecule has 24 heavy (non-hydrogen) atoms. The van der Waals surface area contributed by atoms with Crippen LogP contribution in [0.5, 0.6) is 0 Å². The van der Waals surface area contributed by atoms with Crippen LogP contribution in [0, 0.1) is 6.92 Å². The number of aromatic nitrogens is 1. The van der Waals surface area contributed by atoms with Gasteiger partial charge in [-0.25, -0.2) is 4.98 Å². The molecule has 3 atom stereocenters. The fourth-order valence-corrected chi connectivity index (χ4v) is 4.39. The van der Waals surface area contributed by atoms with E-state index in [-0.39, 0.29) is 6.10 Å². The highest BCUT2D eigenvalue weighted by molar-refractivity contribution is 7.09. The molecular weight excluding hydrogens is 324 g/mol. The monoisotopic (exact) mass is 348 g/mol. The van der Waals surface area contributed by atoms with Crippen molar-refractivity contribution < 1.29 is 13.9 Å². The number of aryl methyl sites for hydroxylation is 1. The molecule has 0 spiro atoms. The van der Waals surface area contributed by atoms with Crippen molar-refractivity contribution in [1.82, 2.24) is 9.88 Å². The Kier molecular flexibility index (Phi) is 4.98. The Morgan fingerprint density at radius 3 is 3.12 bits per heavy atom. The molecule has 130 valence electrons. The molecule has 0 saturated carbocycles. The van der Waals surface area contributed by atoms with Gasteiger partial charge in [-0.1, -0.05) is 0 Å². The van der Waals surface area contributed by atoms with Gasteiger partial charge >= 0.3 is 0 Å². The van der Waals surface area contributed by atoms with Crippen LogP contribution in [0.1, 0.15) is 35.5 Å². The van der Waals surface area contributed by atoms with Gasteiger partial charge in [0, 0.05) is 30.1 Å². The Balaban J connectivity index is 1.23. The van der Waals surface area contributed by atoms with Crippen molar-refractivity contribution in [2.75, 3.05) is 13.2 Å². The number of rotatable bonds is 6. The van der Waals surface area contributed by atoms with Crippen LogP contribution in [0.4, 0.5) is 0 Å². The Hall–Kier alpha value is -1.21. The minimum absolute atomic E-state index is 0.222. The van der Waals surface area contributed by atoms with E-state index >= 15 is 0 Å². The van der Waals surface area contributed by atoms with Crippen LogP contribution in [-0.4, -0.2) is 41.3 Å². The Morgan fingerprint density at radius 1 is 1.38 bits per heavy atom. The SMILES string of the molecule is Cc1nc(COC[C@@H]2CC[C@@H]3[C@@H](CCN3Cc3ccoc3)O2)cs1. The van der Waals surface area contributed by atoms with Crippen LogP contribution in [-0.2, 0) is 22.6 Å². The van der Waals surface area contributed by atoms with Gasteiger partial charge < -0.3 is 13.9 Å². The number of nitrogens with zero attached hydrogens (tertiary/aromatic N) is 2. The molecule has 0 unspecified atom stereocenters. The molecule has 5 nitrogen and oxygen atoms in total. The smallest absolute Gasteiger partial charge is 0.0947 e. The highest BCUT2D eigenvalue weighted by Crippen LogP contribution is 2.32. The van der Waals surface area contributed by atoms with Crippen molar-refractivity contribution in [3.63, 3.8) is 0 Å². The summed E-state index contributed by atoms with van der Waals surface area (Å²) in [6.45, 7) is 5.35. The lowest BCUT2D eigenvalue weighted by molar-refractivity contribution is -0.102. The summed E-state index contributed by atoms with van der Waals surface area (Å²) in [6.07, 6.45) is 7.53. The Labute approximate surface area is 146 Å². The van der Waals surface area contributed by atoms with E-state index in [9.17, 15) is 0 Å². The molecule has 2 fully saturated rings. The van der Waals surface area contributed by atoms with Gasteiger partial charge in [-0.3, -0.25) is 4.90 Å². The summed E-state index contributed by atoms with van der Waals surface area (Å²) in [4.78, 5) is 6.96. The minimum Gasteiger partial charge on any atom is -0.472 e. The molecular formula is C18H24N2O3S. The van der Waals surface area contributed by atoms with E-state index in [1.54, 1.807) is 17.6 Å². The van der Waals surface area contributed by atoms with Gasteiger partial charge in [0.15, 0.2) is 0 Å². The van der Waals surface area contributed by atoms with E-state index in [0.29, 0.717) is 25.4 Å². The quantitative estimate of drug-likeness (QED) is 0.801. The second kappa shape index (κ2) is 7.35. The molecule has 2 aromatic rings. The number of ether oxygens (including phenoxy) is 2. The number of likely N-dealkylation sites (tertiary alicyclic amines) is 1. The van der Waals surface area contributed by atoms with Crippen molar-refractivity contribution in [2.45, 2.75) is 57.6 Å². The maximum atomic E-state index is 6.30. The van der Waals surface area contributed by atoms with Gasteiger partial charge in [-0.2, -0.15) is 0 Å². The third-order valence-electron chi connectivity index (χ3n) is 4.94. The lowest BCUT2D eigenvalue weighted by atomic mass is 9.99. The zero-order valence-corrected chi connectivity index (χ0v) is 14.8. The molecule has 2 aliphatic heterocycles. The molecule has 2 aromatic heterocycles. The molecule has 2 aliphatic rings. The maximum Gasteiger partial charge on any atom is 0.0947 e. The van der Waals surface area contributed by atoms with Crippen LogP contribution < -0.4 is 0 Å². The van der Waals surface area contributed by atoms with Crippen LogP contribution >= 0.6 is 11.3 Å². The topological polar surface area (TPSA) is 47.7 Å². The predicted molar refractivity (Wildman–Crippen MR) is 91.9 cm³/mol. The van der Waals surface area contributed by atoms with Crippen LogP contribution in [0.25, 0.3) is 0 Å². The minimum atomic E-state index is 0.222. The van der Waals surface area contributed by atoms with Crippen molar-refractivity contribution in [3.8, 4) is 0 Å². The van der Waals surface area contributed by atoms with Gasteiger partial charge in [0.05, 0.1) is 48.6 Å². The molecule has 0 bridgehead atoms. The number of hydrogen-bond acceptors (Lipinski definition) is 6. The number of hydrogen-bond donors (Lipinski definition) is 0. The average Bonchev–Trinajstić information content (AvgIpc) is 3.31. The zero-order valence-electron chi connectivity index (χ0n) is 14.0. The predicted octanol–water partition coefficient (Wildman–Crippen LogP) is 3.38. The highest BCUT2D eigenvalue weighted by Gasteiger charge is 2.39. The molecule has 0 N–H and O–H groups in total. The van der Waals surface area contributed by atoms with Crippen molar-refractivity contribution in [3.05, 3.63) is 40.2 Å². The largest absolute Gasteiger partial charge is 0.472 e. The van der Waals surface area contributed by atoms with Gasteiger partial charge in [0.1, 0.15) is 0 Å². The van der Waals surface area contributed by atoms with Gasteiger partial charge in [0.2, 0.25) is 0 Å². The van der Waals surface area contributed by atoms with E-state index in [4.69, 9.17) is 13.9 Å². The second-order valence-electron chi connectivity index (χ2n) is 6.70. The first kappa shape index (κ1) is 16.3. The molecule has 0 aliphatic carbocycles. The summed E-state index contributed by atoms with van der Waals surface area (Å²) in [6, 6.07) is 2.59. The second-order valence-corrected chi connectivity index (χ2v) is 7.77. The lowest BCUT2D eigenvalue weighted by Gasteiger charge is -2.35. The third kappa shape index (κ3) is 3.72. The number of fused-ring (bicyclic) bond motifs is 1. The molecule has 6 heteroatoms. The standard InChI is InChI=1S/C18H24N2O3S/c1-13-19-15(12-24-13)10-22-11-16-2-3-17-18(23-16)4-6-20(17)8-14-5-7-21-9-14/h5,7,9,12,16-18H,2-4,6,8,10-11H2,1H3/t16-,17+,18+/m0/s1. The van der Waals surface area contributed by atoms with E-state index in [2.05, 4.69) is 15.3 Å². The molecule has 0 radical (unpaired) electrons. The first-order chi connectivity index (χ1) is 11.8. The third-order valence-corrected chi connectivity index (χ3v) is 5.76.